The van der Waals surface area contributed by atoms with E-state index in [9.17, 15) is 9.59 Å². The van der Waals surface area contributed by atoms with Crippen molar-refractivity contribution in [2.24, 2.45) is 0 Å². The molecule has 3 nitrogen and oxygen atoms in total. The van der Waals surface area contributed by atoms with E-state index in [1.807, 2.05) is 6.07 Å². The average Bonchev–Trinajstić information content (AvgIpc) is 2.05. The van der Waals surface area contributed by atoms with Gasteiger partial charge in [-0.15, -0.1) is 0 Å². The van der Waals surface area contributed by atoms with Crippen molar-refractivity contribution < 1.29 is 61.0 Å². The molecule has 13 heavy (non-hydrogen) atoms. The molecule has 0 aliphatic rings. The van der Waals surface area contributed by atoms with Crippen molar-refractivity contribution in [2.45, 2.75) is 6.92 Å². The second-order valence-electron chi connectivity index (χ2n) is 2.35. The van der Waals surface area contributed by atoms with Gasteiger partial charge in [0, 0.05) is 12.0 Å². The number of imide groups is 1. The maximum absolute atomic E-state index is 11.1. The zero-order chi connectivity index (χ0) is 8.97. The monoisotopic (exact) mass is 201 g/mol. The summed E-state index contributed by atoms with van der Waals surface area (Å²) in [6.07, 6.45) is 0.259. The maximum Gasteiger partial charge on any atom is 1.00 e. The number of aryl methyl sites for hydroxylation is 1. The molecular formula is C9H8KNO2. The summed E-state index contributed by atoms with van der Waals surface area (Å²) in [4.78, 5) is 21.0. The van der Waals surface area contributed by atoms with Crippen molar-refractivity contribution in [1.82, 2.24) is 0 Å². The van der Waals surface area contributed by atoms with Crippen LogP contribution in [0.4, 0.5) is 0 Å². The third-order valence-electron chi connectivity index (χ3n) is 1.55. The molecule has 0 spiro atoms. The zero-order valence-electron chi connectivity index (χ0n) is 7.65. The molecule has 0 bridgehead atoms. The van der Waals surface area contributed by atoms with Crippen LogP contribution in [0, 0.1) is 6.92 Å². The average molecular weight is 201 g/mol. The summed E-state index contributed by atoms with van der Waals surface area (Å²) in [5, 5.41) is 3.14. The molecule has 0 saturated heterocycles. The summed E-state index contributed by atoms with van der Waals surface area (Å²) < 4.78 is 0. The summed E-state index contributed by atoms with van der Waals surface area (Å²) in [6.45, 7) is 1.80. The van der Waals surface area contributed by atoms with Gasteiger partial charge in [0.25, 0.3) is 0 Å². The van der Waals surface area contributed by atoms with Gasteiger partial charge in [-0.3, -0.25) is 0 Å². The molecule has 0 saturated carbocycles. The van der Waals surface area contributed by atoms with E-state index in [4.69, 9.17) is 0 Å². The Balaban J connectivity index is 0.00000144. The first-order valence-electron chi connectivity index (χ1n) is 3.50. The number of carbonyl (C=O) groups excluding carboxylic acids is 2. The third-order valence-corrected chi connectivity index (χ3v) is 1.55. The van der Waals surface area contributed by atoms with E-state index in [-0.39, 0.29) is 57.8 Å². The minimum atomic E-state index is -0.483. The normalized spacial score (nSPS) is 8.38. The van der Waals surface area contributed by atoms with Gasteiger partial charge >= 0.3 is 51.4 Å². The fraction of sp³-hybridized carbons (Fsp3) is 0.111. The van der Waals surface area contributed by atoms with Gasteiger partial charge in [0.2, 0.25) is 0 Å². The van der Waals surface area contributed by atoms with E-state index >= 15 is 0 Å². The molecule has 0 radical (unpaired) electrons. The van der Waals surface area contributed by atoms with Crippen LogP contribution in [0.25, 0.3) is 5.32 Å². The van der Waals surface area contributed by atoms with Crippen LogP contribution in [0.3, 0.4) is 0 Å². The summed E-state index contributed by atoms with van der Waals surface area (Å²) in [5.74, 6) is -0.483. The summed E-state index contributed by atoms with van der Waals surface area (Å²) in [5.41, 5.74) is 1.30. The number of nitrogens with zero attached hydrogens (tertiary/aromatic N) is 1. The van der Waals surface area contributed by atoms with E-state index in [1.165, 1.54) is 0 Å². The molecule has 0 atom stereocenters. The number of benzene rings is 1. The zero-order valence-corrected chi connectivity index (χ0v) is 10.8. The van der Waals surface area contributed by atoms with Crippen molar-refractivity contribution in [3.8, 4) is 0 Å². The van der Waals surface area contributed by atoms with E-state index < -0.39 is 5.91 Å². The van der Waals surface area contributed by atoms with Crippen LogP contribution in [0.1, 0.15) is 15.9 Å². The van der Waals surface area contributed by atoms with Crippen LogP contribution >= 0.6 is 0 Å². The molecule has 4 heteroatoms. The predicted octanol–water partition coefficient (Wildman–Crippen LogP) is -1.33. The number of carbonyl (C=O) groups is 2. The standard InChI is InChI=1S/C9H9NO2.K/c1-7-4-2-3-5-8(7)9(12)10-6-11;/h2-6H,1H3,(H,10,11,12);/q;+1/p-1. The van der Waals surface area contributed by atoms with Gasteiger partial charge in [0.05, 0.1) is 5.91 Å². The molecule has 0 unspecified atom stereocenters. The van der Waals surface area contributed by atoms with Crippen molar-refractivity contribution in [2.75, 3.05) is 0 Å². The van der Waals surface area contributed by atoms with Crippen LogP contribution in [-0.4, -0.2) is 12.3 Å². The first-order chi connectivity index (χ1) is 5.75. The molecule has 0 heterocycles. The Morgan fingerprint density at radius 3 is 2.54 bits per heavy atom. The van der Waals surface area contributed by atoms with Crippen molar-refractivity contribution in [1.29, 1.82) is 0 Å². The van der Waals surface area contributed by atoms with Gasteiger partial charge < -0.3 is 14.9 Å². The van der Waals surface area contributed by atoms with Crippen molar-refractivity contribution in [3.05, 3.63) is 40.7 Å². The van der Waals surface area contributed by atoms with Crippen LogP contribution in [0.15, 0.2) is 24.3 Å². The van der Waals surface area contributed by atoms with Gasteiger partial charge in [-0.25, -0.2) is 0 Å². The number of amides is 2. The van der Waals surface area contributed by atoms with E-state index in [0.29, 0.717) is 5.56 Å². The number of hydrogen-bond acceptors (Lipinski definition) is 2. The Labute approximate surface area is 119 Å². The predicted molar refractivity (Wildman–Crippen MR) is 44.9 cm³/mol. The number of hydrogen-bond donors (Lipinski definition) is 0. The van der Waals surface area contributed by atoms with Crippen molar-refractivity contribution >= 4 is 12.3 Å². The Morgan fingerprint density at radius 1 is 1.38 bits per heavy atom. The van der Waals surface area contributed by atoms with E-state index in [2.05, 4.69) is 5.32 Å². The van der Waals surface area contributed by atoms with Crippen LogP contribution < -0.4 is 51.4 Å². The van der Waals surface area contributed by atoms with Crippen LogP contribution in [0.2, 0.25) is 0 Å². The first-order valence-corrected chi connectivity index (χ1v) is 3.50. The van der Waals surface area contributed by atoms with Gasteiger partial charge in [0.1, 0.15) is 0 Å². The molecule has 0 aromatic heterocycles. The molecule has 0 aliphatic carbocycles. The van der Waals surface area contributed by atoms with Crippen LogP contribution in [-0.2, 0) is 4.79 Å². The molecule has 1 rings (SSSR count). The third kappa shape index (κ3) is 3.70. The summed E-state index contributed by atoms with van der Waals surface area (Å²) >= 11 is 0. The second kappa shape index (κ2) is 6.45. The Kier molecular flexibility index (Phi) is 6.45. The summed E-state index contributed by atoms with van der Waals surface area (Å²) in [7, 11) is 0. The first kappa shape index (κ1) is 13.0. The van der Waals surface area contributed by atoms with Gasteiger partial charge in [-0.05, 0) is 12.5 Å². The topological polar surface area (TPSA) is 48.2 Å². The molecule has 2 amide bonds. The van der Waals surface area contributed by atoms with Crippen LogP contribution in [0.5, 0.6) is 0 Å². The Bertz CT molecular complexity index is 312. The van der Waals surface area contributed by atoms with Gasteiger partial charge in [0.15, 0.2) is 0 Å². The largest absolute Gasteiger partial charge is 1.00 e. The smallest absolute Gasteiger partial charge is 0.595 e. The Hall–Kier alpha value is -0.00364. The number of rotatable bonds is 2. The molecule has 1 aromatic rings. The molecule has 0 fully saturated rings. The van der Waals surface area contributed by atoms with Crippen molar-refractivity contribution in [3.63, 3.8) is 0 Å². The molecule has 0 aliphatic heterocycles. The maximum atomic E-state index is 11.1. The fourth-order valence-corrected chi connectivity index (χ4v) is 0.930. The van der Waals surface area contributed by atoms with E-state index in [0.717, 1.165) is 5.56 Å². The van der Waals surface area contributed by atoms with Gasteiger partial charge in [-0.2, -0.15) is 0 Å². The molecule has 1 aromatic carbocycles. The Morgan fingerprint density at radius 2 is 2.00 bits per heavy atom. The molecular weight excluding hydrogens is 193 g/mol. The summed E-state index contributed by atoms with van der Waals surface area (Å²) in [6, 6.07) is 7.01. The quantitative estimate of drug-likeness (QED) is 0.440. The fourth-order valence-electron chi connectivity index (χ4n) is 0.930. The molecule has 0 N–H and O–H groups in total. The SMILES string of the molecule is Cc1ccccc1C(=O)[N-]C=O.[K+]. The minimum Gasteiger partial charge on any atom is -0.595 e. The minimum absolute atomic E-state index is 0. The second-order valence-corrected chi connectivity index (χ2v) is 2.35. The molecule has 62 valence electrons. The van der Waals surface area contributed by atoms with E-state index in [1.54, 1.807) is 25.1 Å². The van der Waals surface area contributed by atoms with Gasteiger partial charge in [-0.1, -0.05) is 24.3 Å².